The smallest absolute Gasteiger partial charge is 0.120 e. The molecule has 8 rings (SSSR count). The second-order valence-corrected chi connectivity index (χ2v) is 8.51. The number of hydrogen-bond donors (Lipinski definition) is 0. The molecule has 0 amide bonds. The van der Waals surface area contributed by atoms with E-state index in [1.165, 1.54) is 5.39 Å². The van der Waals surface area contributed by atoms with Gasteiger partial charge in [-0.05, 0) is 34.7 Å². The van der Waals surface area contributed by atoms with Crippen molar-refractivity contribution in [2.75, 3.05) is 0 Å². The summed E-state index contributed by atoms with van der Waals surface area (Å²) in [5.41, 5.74) is 5.85. The van der Waals surface area contributed by atoms with Crippen LogP contribution in [-0.4, -0.2) is 14.4 Å². The van der Waals surface area contributed by atoms with Crippen LogP contribution in [0, 0.1) is 12.1 Å². The van der Waals surface area contributed by atoms with Crippen molar-refractivity contribution in [3.63, 3.8) is 0 Å². The van der Waals surface area contributed by atoms with E-state index in [4.69, 9.17) is 4.42 Å². The summed E-state index contributed by atoms with van der Waals surface area (Å²) < 4.78 is 8.17. The maximum absolute atomic E-state index is 6.04. The molecule has 37 heavy (non-hydrogen) atoms. The van der Waals surface area contributed by atoms with Crippen molar-refractivity contribution in [3.8, 4) is 11.3 Å². The van der Waals surface area contributed by atoms with Gasteiger partial charge in [0.1, 0.15) is 5.58 Å². The van der Waals surface area contributed by atoms with Crippen molar-refractivity contribution >= 4 is 49.3 Å². The predicted molar refractivity (Wildman–Crippen MR) is 145 cm³/mol. The summed E-state index contributed by atoms with van der Waals surface area (Å²) in [6.07, 6.45) is 5.63. The number of furan rings is 1. The Balaban J connectivity index is 0.000000165. The Hall–Kier alpha value is -4.31. The maximum atomic E-state index is 6.04. The van der Waals surface area contributed by atoms with Crippen LogP contribution < -0.4 is 0 Å². The zero-order valence-electron chi connectivity index (χ0n) is 19.6. The number of benzene rings is 4. The van der Waals surface area contributed by atoms with Crippen LogP contribution in [0.1, 0.15) is 0 Å². The van der Waals surface area contributed by atoms with E-state index in [-0.39, 0.29) is 20.1 Å². The van der Waals surface area contributed by atoms with Crippen LogP contribution in [0.15, 0.2) is 120 Å². The summed E-state index contributed by atoms with van der Waals surface area (Å²) in [7, 11) is 0. The van der Waals surface area contributed by atoms with Crippen molar-refractivity contribution in [2.45, 2.75) is 0 Å². The Morgan fingerprint density at radius 3 is 2.32 bits per heavy atom. The number of fused-ring (bicyclic) bond motifs is 10. The Bertz CT molecular complexity index is 1960. The van der Waals surface area contributed by atoms with Crippen LogP contribution in [0.4, 0.5) is 0 Å². The largest absolute Gasteiger partial charge is 0.500 e. The zero-order valence-corrected chi connectivity index (χ0v) is 21.9. The molecule has 0 saturated heterocycles. The molecule has 4 nitrogen and oxygen atoms in total. The molecule has 4 aromatic carbocycles. The number of pyridine rings is 2. The molecule has 5 heteroatoms. The van der Waals surface area contributed by atoms with Crippen LogP contribution in [0.5, 0.6) is 0 Å². The summed E-state index contributed by atoms with van der Waals surface area (Å²) in [6, 6.07) is 38.8. The second kappa shape index (κ2) is 9.62. The fraction of sp³-hybridized carbons (Fsp3) is 0. The first-order chi connectivity index (χ1) is 17.9. The number of hydrogen-bond acceptors (Lipinski definition) is 3. The van der Waals surface area contributed by atoms with Crippen LogP contribution in [0.3, 0.4) is 0 Å². The normalized spacial score (nSPS) is 11.0. The minimum atomic E-state index is 0. The van der Waals surface area contributed by atoms with E-state index >= 15 is 0 Å². The fourth-order valence-corrected chi connectivity index (χ4v) is 4.86. The molecule has 0 atom stereocenters. The molecule has 0 unspecified atom stereocenters. The van der Waals surface area contributed by atoms with Gasteiger partial charge in [0.2, 0.25) is 0 Å². The van der Waals surface area contributed by atoms with E-state index in [1.807, 2.05) is 73.1 Å². The molecule has 8 aromatic rings. The predicted octanol–water partition coefficient (Wildman–Crippen LogP) is 7.89. The van der Waals surface area contributed by atoms with E-state index in [2.05, 4.69) is 62.9 Å². The van der Waals surface area contributed by atoms with E-state index in [1.54, 1.807) is 6.20 Å². The molecule has 0 spiro atoms. The third-order valence-electron chi connectivity index (χ3n) is 6.42. The van der Waals surface area contributed by atoms with E-state index in [0.29, 0.717) is 0 Å². The van der Waals surface area contributed by atoms with Crippen molar-refractivity contribution in [1.29, 1.82) is 0 Å². The molecule has 0 aliphatic carbocycles. The minimum Gasteiger partial charge on any atom is -0.500 e. The zero-order chi connectivity index (χ0) is 23.9. The van der Waals surface area contributed by atoms with Gasteiger partial charge in [0.05, 0.1) is 11.2 Å². The van der Waals surface area contributed by atoms with Crippen molar-refractivity contribution in [3.05, 3.63) is 128 Å². The molecule has 0 bridgehead atoms. The number of nitrogens with zero attached hydrogens (tertiary/aromatic N) is 3. The molecular formula is C32H19IrN3O-2. The first-order valence-electron chi connectivity index (χ1n) is 11.8. The summed E-state index contributed by atoms with van der Waals surface area (Å²) in [5.74, 6) is 0. The van der Waals surface area contributed by atoms with Crippen molar-refractivity contribution in [2.24, 2.45) is 0 Å². The third kappa shape index (κ3) is 3.89. The standard InChI is InChI=1S/C21H11N2O.C11H8N.Ir/c1-3-7-16-13(5-1)19-15(21-22-11-12-23(16)21)9-10-18-20(19)14-6-2-4-8-17(14)24-18;1-2-6-10(7-3-1)11-8-4-5-9-12-11;/h1-8,10-12H;1-6,8-9H;/q2*-1;. The SMILES string of the molecule is [Ir].[c-]1cc2oc3ccccc3c2c2c1c1nccn1c1ccccc21.[c-]1ccccc1-c1ccccn1. The number of para-hydroxylation sites is 2. The Labute approximate surface area is 226 Å². The topological polar surface area (TPSA) is 43.3 Å². The van der Waals surface area contributed by atoms with Gasteiger partial charge in [0.15, 0.2) is 0 Å². The minimum absolute atomic E-state index is 0. The average Bonchev–Trinajstić information content (AvgIpc) is 3.60. The van der Waals surface area contributed by atoms with Gasteiger partial charge in [0.25, 0.3) is 0 Å². The van der Waals surface area contributed by atoms with Gasteiger partial charge in [-0.2, -0.15) is 0 Å². The van der Waals surface area contributed by atoms with Gasteiger partial charge in [-0.15, -0.1) is 48.0 Å². The summed E-state index contributed by atoms with van der Waals surface area (Å²) in [5, 5.41) is 5.64. The number of rotatable bonds is 1. The fourth-order valence-electron chi connectivity index (χ4n) is 4.86. The van der Waals surface area contributed by atoms with E-state index < -0.39 is 0 Å². The molecule has 0 N–H and O–H groups in total. The van der Waals surface area contributed by atoms with Crippen LogP contribution in [0.25, 0.3) is 60.5 Å². The molecule has 0 aliphatic heterocycles. The van der Waals surface area contributed by atoms with Crippen LogP contribution in [0.2, 0.25) is 0 Å². The molecule has 1 radical (unpaired) electrons. The summed E-state index contributed by atoms with van der Waals surface area (Å²) >= 11 is 0. The van der Waals surface area contributed by atoms with Gasteiger partial charge in [0, 0.05) is 49.6 Å². The van der Waals surface area contributed by atoms with Crippen LogP contribution in [-0.2, 0) is 20.1 Å². The Kier molecular flexibility index (Phi) is 6.01. The van der Waals surface area contributed by atoms with Gasteiger partial charge < -0.3 is 13.8 Å². The quantitative estimate of drug-likeness (QED) is 0.134. The summed E-state index contributed by atoms with van der Waals surface area (Å²) in [6.45, 7) is 0. The molecule has 0 saturated carbocycles. The molecular weight excluding hydrogens is 635 g/mol. The monoisotopic (exact) mass is 654 g/mol. The van der Waals surface area contributed by atoms with E-state index in [9.17, 15) is 0 Å². The first kappa shape index (κ1) is 23.1. The van der Waals surface area contributed by atoms with Crippen molar-refractivity contribution in [1.82, 2.24) is 14.4 Å². The van der Waals surface area contributed by atoms with Gasteiger partial charge in [-0.3, -0.25) is 4.98 Å². The van der Waals surface area contributed by atoms with Crippen LogP contribution >= 0.6 is 0 Å². The van der Waals surface area contributed by atoms with E-state index in [0.717, 1.165) is 55.1 Å². The Morgan fingerprint density at radius 2 is 1.49 bits per heavy atom. The molecule has 0 aliphatic rings. The second-order valence-electron chi connectivity index (χ2n) is 8.51. The molecule has 4 aromatic heterocycles. The molecule has 0 fully saturated rings. The van der Waals surface area contributed by atoms with Gasteiger partial charge >= 0.3 is 0 Å². The molecule has 4 heterocycles. The first-order valence-corrected chi connectivity index (χ1v) is 11.8. The van der Waals surface area contributed by atoms with Crippen molar-refractivity contribution < 1.29 is 24.5 Å². The number of imidazole rings is 1. The number of aromatic nitrogens is 3. The maximum Gasteiger partial charge on any atom is 0.120 e. The summed E-state index contributed by atoms with van der Waals surface area (Å²) in [4.78, 5) is 8.79. The average molecular weight is 654 g/mol. The van der Waals surface area contributed by atoms with Gasteiger partial charge in [-0.1, -0.05) is 59.3 Å². The molecule has 179 valence electrons. The third-order valence-corrected chi connectivity index (χ3v) is 6.42. The van der Waals surface area contributed by atoms with Gasteiger partial charge in [-0.25, -0.2) is 0 Å². The Morgan fingerprint density at radius 1 is 0.676 bits per heavy atom.